The fourth-order valence-electron chi connectivity index (χ4n) is 4.03. The summed E-state index contributed by atoms with van der Waals surface area (Å²) in [4.78, 5) is 31.9. The molecule has 2 aliphatic rings. The lowest BCUT2D eigenvalue weighted by atomic mass is 9.98. The zero-order valence-corrected chi connectivity index (χ0v) is 18.7. The molecule has 2 aromatic carbocycles. The van der Waals surface area contributed by atoms with E-state index >= 15 is 0 Å². The maximum absolute atomic E-state index is 12.5. The number of rotatable bonds is 6. The molecule has 2 N–H and O–H groups in total. The van der Waals surface area contributed by atoms with Crippen LogP contribution >= 0.6 is 11.6 Å². The zero-order chi connectivity index (χ0) is 22.7. The lowest BCUT2D eigenvalue weighted by Crippen LogP contribution is -2.52. The van der Waals surface area contributed by atoms with Gasteiger partial charge < -0.3 is 20.1 Å². The van der Waals surface area contributed by atoms with Crippen molar-refractivity contribution >= 4 is 34.8 Å². The van der Waals surface area contributed by atoms with Crippen LogP contribution in [0, 0.1) is 0 Å². The molecule has 0 aromatic heterocycles. The Hall–Kier alpha value is -3.10. The number of piperidine rings is 1. The molecule has 0 unspecified atom stereocenters. The van der Waals surface area contributed by atoms with Crippen LogP contribution in [0.2, 0.25) is 5.02 Å². The van der Waals surface area contributed by atoms with Crippen LogP contribution in [-0.4, -0.2) is 61.9 Å². The molecule has 1 fully saturated rings. The molecule has 2 heterocycles. The van der Waals surface area contributed by atoms with Crippen LogP contribution in [0.25, 0.3) is 0 Å². The number of carbonyl (C=O) groups is 2. The van der Waals surface area contributed by atoms with Crippen molar-refractivity contribution in [3.63, 3.8) is 0 Å². The van der Waals surface area contributed by atoms with Crippen LogP contribution < -0.4 is 20.1 Å². The van der Waals surface area contributed by atoms with Gasteiger partial charge in [-0.1, -0.05) is 23.7 Å². The molecule has 168 valence electrons. The van der Waals surface area contributed by atoms with Crippen LogP contribution in [-0.2, 0) is 9.59 Å². The third kappa shape index (κ3) is 4.71. The lowest BCUT2D eigenvalue weighted by Gasteiger charge is -2.36. The summed E-state index contributed by atoms with van der Waals surface area (Å²) < 4.78 is 10.5. The molecule has 2 amide bonds. The Kier molecular flexibility index (Phi) is 6.34. The van der Waals surface area contributed by atoms with E-state index in [1.165, 1.54) is 0 Å². The molecule has 1 saturated heterocycles. The highest BCUT2D eigenvalue weighted by Gasteiger charge is 2.42. The fraction of sp³-hybridized carbons (Fsp3) is 0.348. The van der Waals surface area contributed by atoms with Gasteiger partial charge in [-0.3, -0.25) is 19.5 Å². The van der Waals surface area contributed by atoms with Gasteiger partial charge in [-0.15, -0.1) is 0 Å². The van der Waals surface area contributed by atoms with Gasteiger partial charge in [0.2, 0.25) is 5.91 Å². The molecule has 0 aliphatic carbocycles. The number of likely N-dealkylation sites (tertiary alicyclic amines) is 1. The average molecular weight is 457 g/mol. The summed E-state index contributed by atoms with van der Waals surface area (Å²) in [6, 6.07) is 12.4. The Morgan fingerprint density at radius 1 is 1.16 bits per heavy atom. The second-order valence-electron chi connectivity index (χ2n) is 7.85. The summed E-state index contributed by atoms with van der Waals surface area (Å²) in [5.41, 5.74) is 1.14. The first-order chi connectivity index (χ1) is 15.4. The van der Waals surface area contributed by atoms with Crippen molar-refractivity contribution in [3.8, 4) is 11.5 Å². The van der Waals surface area contributed by atoms with Crippen LogP contribution in [0.1, 0.15) is 18.4 Å². The van der Waals surface area contributed by atoms with Gasteiger partial charge in [0.15, 0.2) is 11.5 Å². The molecule has 4 rings (SSSR count). The number of benzene rings is 2. The first-order valence-electron chi connectivity index (χ1n) is 10.3. The number of methoxy groups -OCH3 is 2. The number of carbonyl (C=O) groups excluding carboxylic acids is 2. The van der Waals surface area contributed by atoms with Gasteiger partial charge in [0.05, 0.1) is 20.8 Å². The van der Waals surface area contributed by atoms with Crippen molar-refractivity contribution in [2.24, 2.45) is 4.99 Å². The molecule has 8 nitrogen and oxygen atoms in total. The normalized spacial score (nSPS) is 17.6. The molecule has 1 spiro atoms. The maximum atomic E-state index is 12.5. The van der Waals surface area contributed by atoms with Crippen molar-refractivity contribution < 1.29 is 19.1 Å². The Morgan fingerprint density at radius 3 is 2.59 bits per heavy atom. The number of hydrogen-bond acceptors (Lipinski definition) is 6. The first kappa shape index (κ1) is 22.1. The van der Waals surface area contributed by atoms with Gasteiger partial charge in [0.25, 0.3) is 5.91 Å². The summed E-state index contributed by atoms with van der Waals surface area (Å²) in [6.07, 6.45) is 1.26. The second kappa shape index (κ2) is 9.18. The van der Waals surface area contributed by atoms with Gasteiger partial charge in [0, 0.05) is 48.3 Å². The molecule has 2 aromatic rings. The minimum absolute atomic E-state index is 0.119. The molecule has 0 atom stereocenters. The maximum Gasteiger partial charge on any atom is 0.272 e. The monoisotopic (exact) mass is 456 g/mol. The van der Waals surface area contributed by atoms with Crippen molar-refractivity contribution in [2.75, 3.05) is 39.2 Å². The summed E-state index contributed by atoms with van der Waals surface area (Å²) in [7, 11) is 3.11. The van der Waals surface area contributed by atoms with Crippen LogP contribution in [0.5, 0.6) is 11.5 Å². The Balaban J connectivity index is 1.35. The van der Waals surface area contributed by atoms with Crippen molar-refractivity contribution in [1.82, 2.24) is 10.2 Å². The van der Waals surface area contributed by atoms with E-state index < -0.39 is 5.66 Å². The van der Waals surface area contributed by atoms with E-state index in [0.29, 0.717) is 59.4 Å². The average Bonchev–Trinajstić information content (AvgIpc) is 3.11. The number of nitrogens with zero attached hydrogens (tertiary/aromatic N) is 2. The van der Waals surface area contributed by atoms with Crippen LogP contribution in [0.3, 0.4) is 0 Å². The quantitative estimate of drug-likeness (QED) is 0.697. The Labute approximate surface area is 191 Å². The van der Waals surface area contributed by atoms with Crippen molar-refractivity contribution in [1.29, 1.82) is 0 Å². The second-order valence-corrected chi connectivity index (χ2v) is 8.29. The van der Waals surface area contributed by atoms with E-state index in [1.54, 1.807) is 50.6 Å². The van der Waals surface area contributed by atoms with E-state index in [9.17, 15) is 9.59 Å². The van der Waals surface area contributed by atoms with Gasteiger partial charge in [-0.25, -0.2) is 0 Å². The number of amides is 2. The minimum Gasteiger partial charge on any atom is -0.493 e. The highest BCUT2D eigenvalue weighted by atomic mass is 35.5. The largest absolute Gasteiger partial charge is 0.493 e. The van der Waals surface area contributed by atoms with Gasteiger partial charge in [0.1, 0.15) is 11.4 Å². The number of ether oxygens (including phenoxy) is 2. The third-order valence-corrected chi connectivity index (χ3v) is 5.94. The number of hydrogen-bond donors (Lipinski definition) is 2. The predicted molar refractivity (Wildman–Crippen MR) is 123 cm³/mol. The number of halogens is 1. The van der Waals surface area contributed by atoms with Crippen molar-refractivity contribution in [2.45, 2.75) is 18.5 Å². The smallest absolute Gasteiger partial charge is 0.272 e. The molecule has 2 aliphatic heterocycles. The van der Waals surface area contributed by atoms with E-state index in [0.717, 1.165) is 0 Å². The van der Waals surface area contributed by atoms with E-state index in [4.69, 9.17) is 26.1 Å². The predicted octanol–water partition coefficient (Wildman–Crippen LogP) is 2.71. The summed E-state index contributed by atoms with van der Waals surface area (Å²) in [5.74, 6) is 0.845. The van der Waals surface area contributed by atoms with E-state index in [2.05, 4.69) is 15.5 Å². The molecular formula is C23H25ClN4O4. The Bertz CT molecular complexity index is 1060. The van der Waals surface area contributed by atoms with Gasteiger partial charge in [-0.2, -0.15) is 0 Å². The summed E-state index contributed by atoms with van der Waals surface area (Å²) in [6.45, 7) is 1.54. The summed E-state index contributed by atoms with van der Waals surface area (Å²) >= 11 is 6.06. The molecule has 0 radical (unpaired) electrons. The fourth-order valence-corrected chi connectivity index (χ4v) is 4.22. The van der Waals surface area contributed by atoms with Crippen LogP contribution in [0.15, 0.2) is 47.5 Å². The van der Waals surface area contributed by atoms with Gasteiger partial charge >= 0.3 is 0 Å². The molecule has 0 saturated carbocycles. The third-order valence-electron chi connectivity index (χ3n) is 5.70. The highest BCUT2D eigenvalue weighted by molar-refractivity contribution is 6.47. The summed E-state index contributed by atoms with van der Waals surface area (Å²) in [5, 5.41) is 6.49. The molecule has 9 heteroatoms. The number of anilines is 1. The lowest BCUT2D eigenvalue weighted by molar-refractivity contribution is -0.119. The SMILES string of the molecule is COc1ccc(NC(=O)CN2CCC3(CC2)N=C(c2cccc(Cl)c2)C(=O)N3)cc1OC. The van der Waals surface area contributed by atoms with E-state index in [-0.39, 0.29) is 18.4 Å². The molecule has 32 heavy (non-hydrogen) atoms. The standard InChI is InChI=1S/C23H25ClN4O4/c1-31-18-7-6-17(13-19(18)32-2)25-20(29)14-28-10-8-23(9-11-28)26-21(22(30)27-23)15-4-3-5-16(24)12-15/h3-7,12-13H,8-11,14H2,1-2H3,(H,25,29)(H,27,30). The molecule has 0 bridgehead atoms. The zero-order valence-electron chi connectivity index (χ0n) is 18.0. The topological polar surface area (TPSA) is 92.3 Å². The van der Waals surface area contributed by atoms with Crippen molar-refractivity contribution in [3.05, 3.63) is 53.1 Å². The van der Waals surface area contributed by atoms with Crippen LogP contribution in [0.4, 0.5) is 5.69 Å². The Morgan fingerprint density at radius 2 is 1.91 bits per heavy atom. The minimum atomic E-state index is -0.620. The number of nitrogens with one attached hydrogen (secondary N) is 2. The highest BCUT2D eigenvalue weighted by Crippen LogP contribution is 2.31. The number of aliphatic imine (C=N–C) groups is 1. The van der Waals surface area contributed by atoms with Gasteiger partial charge in [-0.05, 0) is 24.3 Å². The van der Waals surface area contributed by atoms with E-state index in [1.807, 2.05) is 6.07 Å². The first-order valence-corrected chi connectivity index (χ1v) is 10.7. The molecular weight excluding hydrogens is 432 g/mol.